The number of benzene rings is 4. The molecule has 1 N–H and O–H groups in total. The second-order valence-electron chi connectivity index (χ2n) is 8.63. The fourth-order valence-electron chi connectivity index (χ4n) is 4.91. The summed E-state index contributed by atoms with van der Waals surface area (Å²) < 4.78 is 1.68. The third kappa shape index (κ3) is 3.73. The van der Waals surface area contributed by atoms with Crippen molar-refractivity contribution in [3.63, 3.8) is 0 Å². The minimum Gasteiger partial charge on any atom is -0.494 e. The fourth-order valence-corrected chi connectivity index (χ4v) is 4.91. The predicted molar refractivity (Wildman–Crippen MR) is 144 cm³/mol. The normalized spacial score (nSPS) is 11.7. The van der Waals surface area contributed by atoms with Gasteiger partial charge in [0.25, 0.3) is 0 Å². The van der Waals surface area contributed by atoms with E-state index in [1.807, 2.05) is 73.7 Å². The van der Waals surface area contributed by atoms with Crippen molar-refractivity contribution in [3.05, 3.63) is 113 Å². The quantitative estimate of drug-likeness (QED) is 0.232. The molecule has 0 bridgehead atoms. The number of aliphatic imine (C=N–C) groups is 1. The highest BCUT2D eigenvalue weighted by Gasteiger charge is 2.27. The van der Waals surface area contributed by atoms with Gasteiger partial charge in [0, 0.05) is 25.2 Å². The van der Waals surface area contributed by atoms with Gasteiger partial charge in [-0.1, -0.05) is 91.0 Å². The van der Waals surface area contributed by atoms with Gasteiger partial charge in [-0.15, -0.1) is 0 Å². The van der Waals surface area contributed by atoms with Gasteiger partial charge in [0.1, 0.15) is 0 Å². The van der Waals surface area contributed by atoms with Crippen LogP contribution < -0.4 is 0 Å². The summed E-state index contributed by atoms with van der Waals surface area (Å²) in [6.07, 6.45) is 0.824. The van der Waals surface area contributed by atoms with Crippen LogP contribution in [0.1, 0.15) is 27.0 Å². The lowest BCUT2D eigenvalue weighted by molar-refractivity contribution is 0.112. The number of nitrogens with zero attached hydrogens (tertiary/aromatic N) is 2. The van der Waals surface area contributed by atoms with Gasteiger partial charge in [0.05, 0.1) is 22.5 Å². The van der Waals surface area contributed by atoms with Crippen LogP contribution in [-0.4, -0.2) is 28.7 Å². The molecule has 4 aromatic carbocycles. The standard InChI is InChI=1S/C31H26N2O2/c1-20-18-23(21-10-5-4-6-11-21)16-17-24(20)29(32-2)28-27(19-34)30(33(3)31(28)35)26-15-9-13-22-12-7-8-14-25(22)26/h4-19,35H,1-3H3. The Kier molecular flexibility index (Phi) is 5.79. The highest BCUT2D eigenvalue weighted by atomic mass is 16.3. The first-order chi connectivity index (χ1) is 17.0. The summed E-state index contributed by atoms with van der Waals surface area (Å²) in [7, 11) is 3.47. The molecule has 0 saturated heterocycles. The first-order valence-corrected chi connectivity index (χ1v) is 11.5. The maximum Gasteiger partial charge on any atom is 0.201 e. The van der Waals surface area contributed by atoms with Crippen molar-refractivity contribution >= 4 is 22.8 Å². The molecule has 0 saturated carbocycles. The molecule has 1 aromatic heterocycles. The van der Waals surface area contributed by atoms with Crippen LogP contribution in [0.3, 0.4) is 0 Å². The summed E-state index contributed by atoms with van der Waals surface area (Å²) in [5, 5.41) is 13.4. The maximum absolute atomic E-state index is 12.5. The number of aromatic hydroxyl groups is 1. The Balaban J connectivity index is 1.70. The second kappa shape index (κ2) is 9.07. The topological polar surface area (TPSA) is 54.6 Å². The lowest BCUT2D eigenvalue weighted by Gasteiger charge is -2.12. The summed E-state index contributed by atoms with van der Waals surface area (Å²) >= 11 is 0. The van der Waals surface area contributed by atoms with Gasteiger partial charge in [0.2, 0.25) is 5.88 Å². The number of hydrogen-bond donors (Lipinski definition) is 1. The molecule has 0 radical (unpaired) electrons. The number of aryl methyl sites for hydroxylation is 1. The van der Waals surface area contributed by atoms with Crippen molar-refractivity contribution in [2.45, 2.75) is 6.92 Å². The van der Waals surface area contributed by atoms with Gasteiger partial charge >= 0.3 is 0 Å². The molecule has 5 rings (SSSR count). The van der Waals surface area contributed by atoms with Crippen molar-refractivity contribution in [1.29, 1.82) is 0 Å². The number of rotatable bonds is 5. The van der Waals surface area contributed by atoms with E-state index in [0.29, 0.717) is 22.5 Å². The van der Waals surface area contributed by atoms with E-state index < -0.39 is 0 Å². The van der Waals surface area contributed by atoms with Gasteiger partial charge in [-0.3, -0.25) is 9.79 Å². The number of fused-ring (bicyclic) bond motifs is 1. The molecule has 0 aliphatic carbocycles. The van der Waals surface area contributed by atoms with Crippen LogP contribution in [0.5, 0.6) is 5.88 Å². The maximum atomic E-state index is 12.5. The molecule has 0 spiro atoms. The number of carbonyl (C=O) groups excluding carboxylic acids is 1. The average Bonchev–Trinajstić information content (AvgIpc) is 3.15. The first kappa shape index (κ1) is 22.4. The van der Waals surface area contributed by atoms with Crippen molar-refractivity contribution in [2.24, 2.45) is 12.0 Å². The largest absolute Gasteiger partial charge is 0.494 e. The molecule has 4 heteroatoms. The van der Waals surface area contributed by atoms with E-state index >= 15 is 0 Å². The van der Waals surface area contributed by atoms with Crippen LogP contribution in [-0.2, 0) is 7.05 Å². The molecule has 172 valence electrons. The Hall–Kier alpha value is -4.44. The summed E-state index contributed by atoms with van der Waals surface area (Å²) in [5.74, 6) is 0.0159. The number of aromatic nitrogens is 1. The van der Waals surface area contributed by atoms with E-state index in [1.165, 1.54) is 0 Å². The van der Waals surface area contributed by atoms with E-state index in [-0.39, 0.29) is 5.88 Å². The molecule has 0 atom stereocenters. The van der Waals surface area contributed by atoms with Gasteiger partial charge in [-0.25, -0.2) is 0 Å². The summed E-state index contributed by atoms with van der Waals surface area (Å²) in [6, 6.07) is 30.4. The smallest absolute Gasteiger partial charge is 0.201 e. The van der Waals surface area contributed by atoms with Crippen LogP contribution in [0.4, 0.5) is 0 Å². The summed E-state index contributed by atoms with van der Waals surface area (Å²) in [4.78, 5) is 17.1. The SMILES string of the molecule is CN=C(c1ccc(-c2ccccc2)cc1C)c1c(C=O)c(-c2cccc3ccccc23)n(C)c1O. The van der Waals surface area contributed by atoms with Gasteiger partial charge in [0.15, 0.2) is 6.29 Å². The number of carbonyl (C=O) groups is 1. The zero-order valence-corrected chi connectivity index (χ0v) is 20.0. The van der Waals surface area contributed by atoms with Crippen LogP contribution >= 0.6 is 0 Å². The first-order valence-electron chi connectivity index (χ1n) is 11.5. The van der Waals surface area contributed by atoms with Crippen molar-refractivity contribution in [2.75, 3.05) is 7.05 Å². The second-order valence-corrected chi connectivity index (χ2v) is 8.63. The monoisotopic (exact) mass is 458 g/mol. The Morgan fingerprint density at radius 2 is 1.60 bits per heavy atom. The Morgan fingerprint density at radius 1 is 0.886 bits per heavy atom. The minimum absolute atomic E-state index is 0.0159. The van der Waals surface area contributed by atoms with E-state index in [9.17, 15) is 9.90 Å². The lowest BCUT2D eigenvalue weighted by atomic mass is 9.92. The van der Waals surface area contributed by atoms with Crippen LogP contribution in [0, 0.1) is 6.92 Å². The third-order valence-corrected chi connectivity index (χ3v) is 6.61. The summed E-state index contributed by atoms with van der Waals surface area (Å²) in [6.45, 7) is 2.03. The lowest BCUT2D eigenvalue weighted by Crippen LogP contribution is -2.08. The van der Waals surface area contributed by atoms with E-state index in [1.54, 1.807) is 18.7 Å². The van der Waals surface area contributed by atoms with E-state index in [0.717, 1.165) is 44.9 Å². The molecule has 0 amide bonds. The molecule has 0 unspecified atom stereocenters. The molecule has 0 aliphatic rings. The fraction of sp³-hybridized carbons (Fsp3) is 0.0968. The predicted octanol–water partition coefficient (Wildman–Crippen LogP) is 6.81. The molecule has 35 heavy (non-hydrogen) atoms. The Bertz CT molecular complexity index is 1590. The highest BCUT2D eigenvalue weighted by molar-refractivity contribution is 6.20. The van der Waals surface area contributed by atoms with Gasteiger partial charge in [-0.05, 0) is 34.4 Å². The van der Waals surface area contributed by atoms with E-state index in [4.69, 9.17) is 0 Å². The highest BCUT2D eigenvalue weighted by Crippen LogP contribution is 2.39. The van der Waals surface area contributed by atoms with Gasteiger partial charge in [-0.2, -0.15) is 0 Å². The molecule has 0 fully saturated rings. The number of aldehydes is 1. The third-order valence-electron chi connectivity index (χ3n) is 6.61. The molecule has 5 aromatic rings. The van der Waals surface area contributed by atoms with E-state index in [2.05, 4.69) is 29.3 Å². The molecule has 0 aliphatic heterocycles. The summed E-state index contributed by atoms with van der Waals surface area (Å²) in [5.41, 5.74) is 7.14. The van der Waals surface area contributed by atoms with Crippen LogP contribution in [0.2, 0.25) is 0 Å². The number of hydrogen-bond acceptors (Lipinski definition) is 3. The van der Waals surface area contributed by atoms with Crippen molar-refractivity contribution in [3.8, 4) is 28.3 Å². The molecular weight excluding hydrogens is 432 g/mol. The Labute approximate surface area is 204 Å². The zero-order chi connectivity index (χ0) is 24.5. The minimum atomic E-state index is 0.0159. The van der Waals surface area contributed by atoms with Crippen LogP contribution in [0.15, 0.2) is 96.0 Å². The van der Waals surface area contributed by atoms with Crippen molar-refractivity contribution < 1.29 is 9.90 Å². The average molecular weight is 459 g/mol. The molecule has 1 heterocycles. The Morgan fingerprint density at radius 3 is 2.31 bits per heavy atom. The van der Waals surface area contributed by atoms with Crippen LogP contribution in [0.25, 0.3) is 33.2 Å². The van der Waals surface area contributed by atoms with Gasteiger partial charge < -0.3 is 9.67 Å². The molecular formula is C31H26N2O2. The zero-order valence-electron chi connectivity index (χ0n) is 20.0. The van der Waals surface area contributed by atoms with Crippen molar-refractivity contribution in [1.82, 2.24) is 4.57 Å². The molecule has 4 nitrogen and oxygen atoms in total.